The van der Waals surface area contributed by atoms with E-state index in [1.165, 1.54) is 19.4 Å². The first-order chi connectivity index (χ1) is 10.0. The second kappa shape index (κ2) is 7.07. The molecule has 1 aliphatic heterocycles. The van der Waals surface area contributed by atoms with Gasteiger partial charge in [0.25, 0.3) is 0 Å². The quantitative estimate of drug-likeness (QED) is 0.873. The van der Waals surface area contributed by atoms with Crippen LogP contribution in [0.1, 0.15) is 50.9 Å². The normalized spacial score (nSPS) is 19.8. The summed E-state index contributed by atoms with van der Waals surface area (Å²) in [5.74, 6) is 3.19. The molecular weight excluding hydrogens is 262 g/mol. The first-order valence-electron chi connectivity index (χ1n) is 8.08. The van der Waals surface area contributed by atoms with Gasteiger partial charge in [-0.25, -0.2) is 9.97 Å². The summed E-state index contributed by atoms with van der Waals surface area (Å²) in [7, 11) is 2.18. The highest BCUT2D eigenvalue weighted by atomic mass is 15.2. The number of rotatable bonds is 5. The van der Waals surface area contributed by atoms with Crippen LogP contribution < -0.4 is 10.6 Å². The van der Waals surface area contributed by atoms with Crippen molar-refractivity contribution in [1.29, 1.82) is 0 Å². The molecule has 0 saturated carbocycles. The van der Waals surface area contributed by atoms with Crippen LogP contribution in [-0.2, 0) is 0 Å². The van der Waals surface area contributed by atoms with E-state index in [2.05, 4.69) is 55.3 Å². The fourth-order valence-electron chi connectivity index (χ4n) is 2.75. The number of likely N-dealkylation sites (N-methyl/N-ethyl adjacent to an activating group) is 1. The van der Waals surface area contributed by atoms with Crippen LogP contribution in [-0.4, -0.2) is 47.6 Å². The minimum Gasteiger partial charge on any atom is -0.370 e. The summed E-state index contributed by atoms with van der Waals surface area (Å²) in [6.45, 7) is 11.6. The Bertz CT molecular complexity index is 472. The summed E-state index contributed by atoms with van der Waals surface area (Å²) >= 11 is 0. The van der Waals surface area contributed by atoms with Gasteiger partial charge in [0.15, 0.2) is 0 Å². The molecule has 1 aromatic rings. The molecule has 2 heterocycles. The van der Waals surface area contributed by atoms with E-state index < -0.39 is 0 Å². The van der Waals surface area contributed by atoms with Crippen LogP contribution in [0.3, 0.4) is 0 Å². The third-order valence-corrected chi connectivity index (χ3v) is 3.99. The average Bonchev–Trinajstić information content (AvgIpc) is 2.43. The predicted molar refractivity (Wildman–Crippen MR) is 89.2 cm³/mol. The highest BCUT2D eigenvalue weighted by Gasteiger charge is 2.20. The van der Waals surface area contributed by atoms with Crippen LogP contribution in [0, 0.1) is 6.92 Å². The number of piperidine rings is 1. The van der Waals surface area contributed by atoms with Crippen molar-refractivity contribution in [3.05, 3.63) is 11.4 Å². The van der Waals surface area contributed by atoms with E-state index in [0.29, 0.717) is 12.0 Å². The first-order valence-corrected chi connectivity index (χ1v) is 8.08. The van der Waals surface area contributed by atoms with Crippen molar-refractivity contribution in [3.8, 4) is 0 Å². The van der Waals surface area contributed by atoms with Crippen molar-refractivity contribution in [3.63, 3.8) is 0 Å². The van der Waals surface area contributed by atoms with E-state index in [0.717, 1.165) is 36.1 Å². The number of nitrogens with one attached hydrogen (secondary N) is 2. The van der Waals surface area contributed by atoms with Gasteiger partial charge in [0.2, 0.25) is 0 Å². The Morgan fingerprint density at radius 3 is 2.62 bits per heavy atom. The number of likely N-dealkylation sites (tertiary alicyclic amines) is 1. The van der Waals surface area contributed by atoms with Crippen molar-refractivity contribution in [2.45, 2.75) is 52.5 Å². The fourth-order valence-corrected chi connectivity index (χ4v) is 2.75. The fraction of sp³-hybridized carbons (Fsp3) is 0.750. The zero-order chi connectivity index (χ0) is 15.4. The Hall–Kier alpha value is -1.36. The van der Waals surface area contributed by atoms with Crippen LogP contribution in [0.5, 0.6) is 0 Å². The van der Waals surface area contributed by atoms with Crippen LogP contribution in [0.2, 0.25) is 0 Å². The predicted octanol–water partition coefficient (Wildman–Crippen LogP) is 2.85. The maximum Gasteiger partial charge on any atom is 0.135 e. The van der Waals surface area contributed by atoms with Gasteiger partial charge in [0.1, 0.15) is 17.5 Å². The topological polar surface area (TPSA) is 53.1 Å². The lowest BCUT2D eigenvalue weighted by Crippen LogP contribution is -2.40. The highest BCUT2D eigenvalue weighted by molar-refractivity contribution is 5.57. The molecule has 1 aliphatic rings. The number of hydrogen-bond donors (Lipinski definition) is 2. The molecule has 2 N–H and O–H groups in total. The van der Waals surface area contributed by atoms with Crippen LogP contribution >= 0.6 is 0 Å². The molecule has 5 nitrogen and oxygen atoms in total. The molecule has 2 rings (SSSR count). The average molecular weight is 291 g/mol. The van der Waals surface area contributed by atoms with Gasteiger partial charge in [-0.15, -0.1) is 0 Å². The molecule has 1 saturated heterocycles. The van der Waals surface area contributed by atoms with E-state index in [9.17, 15) is 0 Å². The standard InChI is InChI=1S/C16H29N5/c1-6-17-15-12(4)16(20-14(19-15)11(2)3)18-13-8-7-9-21(5)10-13/h11,13H,6-10H2,1-5H3,(H2,17,18,19,20). The van der Waals surface area contributed by atoms with Crippen LogP contribution in [0.4, 0.5) is 11.6 Å². The number of aromatic nitrogens is 2. The smallest absolute Gasteiger partial charge is 0.135 e. The van der Waals surface area contributed by atoms with Crippen molar-refractivity contribution in [1.82, 2.24) is 14.9 Å². The molecular formula is C16H29N5. The van der Waals surface area contributed by atoms with E-state index in [4.69, 9.17) is 4.98 Å². The molecule has 21 heavy (non-hydrogen) atoms. The van der Waals surface area contributed by atoms with E-state index in [-0.39, 0.29) is 0 Å². The summed E-state index contributed by atoms with van der Waals surface area (Å²) in [5.41, 5.74) is 1.12. The number of hydrogen-bond acceptors (Lipinski definition) is 5. The molecule has 0 radical (unpaired) electrons. The Labute approximate surface area is 128 Å². The lowest BCUT2D eigenvalue weighted by molar-refractivity contribution is 0.260. The lowest BCUT2D eigenvalue weighted by Gasteiger charge is -2.31. The van der Waals surface area contributed by atoms with Gasteiger partial charge in [-0.05, 0) is 40.3 Å². The maximum absolute atomic E-state index is 4.75. The van der Waals surface area contributed by atoms with Crippen molar-refractivity contribution < 1.29 is 0 Å². The van der Waals surface area contributed by atoms with Gasteiger partial charge < -0.3 is 15.5 Å². The maximum atomic E-state index is 4.75. The second-order valence-corrected chi connectivity index (χ2v) is 6.33. The van der Waals surface area contributed by atoms with E-state index in [1.807, 2.05) is 0 Å². The summed E-state index contributed by atoms with van der Waals surface area (Å²) in [4.78, 5) is 11.8. The molecule has 5 heteroatoms. The Morgan fingerprint density at radius 1 is 1.29 bits per heavy atom. The Kier molecular flexibility index (Phi) is 5.39. The van der Waals surface area contributed by atoms with Crippen molar-refractivity contribution in [2.75, 3.05) is 37.3 Å². The third kappa shape index (κ3) is 4.06. The molecule has 0 aromatic carbocycles. The van der Waals surface area contributed by atoms with Gasteiger partial charge in [0.05, 0.1) is 0 Å². The van der Waals surface area contributed by atoms with Gasteiger partial charge in [-0.3, -0.25) is 0 Å². The minimum atomic E-state index is 0.331. The molecule has 118 valence electrons. The van der Waals surface area contributed by atoms with E-state index >= 15 is 0 Å². The largest absolute Gasteiger partial charge is 0.370 e. The molecule has 0 aliphatic carbocycles. The summed E-state index contributed by atoms with van der Waals surface area (Å²) in [6, 6.07) is 0.479. The Morgan fingerprint density at radius 2 is 2.00 bits per heavy atom. The van der Waals surface area contributed by atoms with Crippen molar-refractivity contribution in [2.24, 2.45) is 0 Å². The summed E-state index contributed by atoms with van der Waals surface area (Å²) in [6.07, 6.45) is 2.46. The molecule has 1 unspecified atom stereocenters. The van der Waals surface area contributed by atoms with Gasteiger partial charge in [0, 0.05) is 30.6 Å². The highest BCUT2D eigenvalue weighted by Crippen LogP contribution is 2.25. The molecule has 0 amide bonds. The third-order valence-electron chi connectivity index (χ3n) is 3.99. The summed E-state index contributed by atoms with van der Waals surface area (Å²) in [5, 5.41) is 7.00. The Balaban J connectivity index is 2.23. The van der Waals surface area contributed by atoms with Crippen LogP contribution in [0.25, 0.3) is 0 Å². The van der Waals surface area contributed by atoms with Gasteiger partial charge in [-0.2, -0.15) is 0 Å². The molecule has 0 bridgehead atoms. The lowest BCUT2D eigenvalue weighted by atomic mass is 10.1. The number of nitrogens with zero attached hydrogens (tertiary/aromatic N) is 3. The van der Waals surface area contributed by atoms with Gasteiger partial charge >= 0.3 is 0 Å². The molecule has 1 aromatic heterocycles. The van der Waals surface area contributed by atoms with Crippen LogP contribution in [0.15, 0.2) is 0 Å². The SMILES string of the molecule is CCNc1nc(C(C)C)nc(NC2CCCN(C)C2)c1C. The monoisotopic (exact) mass is 291 g/mol. The molecule has 1 atom stereocenters. The second-order valence-electron chi connectivity index (χ2n) is 6.33. The first kappa shape index (κ1) is 16.0. The molecule has 1 fully saturated rings. The van der Waals surface area contributed by atoms with Gasteiger partial charge in [-0.1, -0.05) is 13.8 Å². The minimum absolute atomic E-state index is 0.331. The zero-order valence-corrected chi connectivity index (χ0v) is 14.0. The number of anilines is 2. The zero-order valence-electron chi connectivity index (χ0n) is 14.0. The molecule has 0 spiro atoms. The van der Waals surface area contributed by atoms with E-state index in [1.54, 1.807) is 0 Å². The summed E-state index contributed by atoms with van der Waals surface area (Å²) < 4.78 is 0. The van der Waals surface area contributed by atoms with Crippen molar-refractivity contribution >= 4 is 11.6 Å².